The fourth-order valence-corrected chi connectivity index (χ4v) is 6.81. The molecule has 1 amide bonds. The highest BCUT2D eigenvalue weighted by molar-refractivity contribution is 7.89. The number of sulfonamides is 1. The maximum absolute atomic E-state index is 13.3. The molecule has 0 N–H and O–H groups in total. The van der Waals surface area contributed by atoms with Crippen molar-refractivity contribution in [2.24, 2.45) is 10.9 Å². The van der Waals surface area contributed by atoms with E-state index in [-0.39, 0.29) is 24.5 Å². The van der Waals surface area contributed by atoms with Crippen LogP contribution in [0.4, 0.5) is 4.39 Å². The maximum atomic E-state index is 13.3. The number of halogens is 1. The smallest absolute Gasteiger partial charge is 0.252 e. The van der Waals surface area contributed by atoms with Gasteiger partial charge in [0.2, 0.25) is 10.0 Å². The van der Waals surface area contributed by atoms with Crippen LogP contribution >= 0.6 is 11.3 Å². The lowest BCUT2D eigenvalue weighted by molar-refractivity contribution is -0.122. The van der Waals surface area contributed by atoms with E-state index in [2.05, 4.69) is 10.9 Å². The van der Waals surface area contributed by atoms with Crippen LogP contribution in [0.2, 0.25) is 0 Å². The van der Waals surface area contributed by atoms with Crippen molar-refractivity contribution in [2.75, 3.05) is 26.3 Å². The molecule has 2 aromatic carbocycles. The van der Waals surface area contributed by atoms with Crippen LogP contribution in [0, 0.1) is 24.1 Å². The first-order valence-corrected chi connectivity index (χ1v) is 13.3. The van der Waals surface area contributed by atoms with Crippen molar-refractivity contribution in [1.82, 2.24) is 8.87 Å². The number of hydrogen-bond donors (Lipinski definition) is 0. The number of carbonyl (C=O) groups excluding carboxylic acids is 1. The van der Waals surface area contributed by atoms with Crippen LogP contribution in [0.3, 0.4) is 0 Å². The molecule has 3 aromatic rings. The highest BCUT2D eigenvalue weighted by Crippen LogP contribution is 2.35. The number of hydrogen-bond acceptors (Lipinski definition) is 6. The Hall–Kier alpha value is -3.20. The van der Waals surface area contributed by atoms with Gasteiger partial charge in [-0.05, 0) is 37.1 Å². The third-order valence-corrected chi connectivity index (χ3v) is 8.91. The molecule has 8 nitrogen and oxygen atoms in total. The third-order valence-electron chi connectivity index (χ3n) is 5.99. The number of ether oxygens (including phenoxy) is 2. The van der Waals surface area contributed by atoms with Crippen LogP contribution in [0.15, 0.2) is 46.3 Å². The number of thiazole rings is 1. The minimum atomic E-state index is -3.85. The minimum absolute atomic E-state index is 0.00582. The first-order valence-electron chi connectivity index (χ1n) is 11.1. The molecule has 35 heavy (non-hydrogen) atoms. The fourth-order valence-electron chi connectivity index (χ4n) is 4.24. The normalized spacial score (nSPS) is 19.0. The predicted molar refractivity (Wildman–Crippen MR) is 128 cm³/mol. The predicted octanol–water partition coefficient (Wildman–Crippen LogP) is 2.77. The Morgan fingerprint density at radius 2 is 1.91 bits per heavy atom. The lowest BCUT2D eigenvalue weighted by Crippen LogP contribution is -2.42. The second-order valence-corrected chi connectivity index (χ2v) is 11.2. The highest BCUT2D eigenvalue weighted by atomic mass is 32.2. The molecule has 1 aromatic heterocycles. The second-order valence-electron chi connectivity index (χ2n) is 8.24. The van der Waals surface area contributed by atoms with E-state index in [0.29, 0.717) is 42.4 Å². The summed E-state index contributed by atoms with van der Waals surface area (Å²) >= 11 is 1.31. The van der Waals surface area contributed by atoms with E-state index in [0.717, 1.165) is 22.3 Å². The van der Waals surface area contributed by atoms with Gasteiger partial charge in [-0.3, -0.25) is 4.79 Å². The molecular weight excluding hydrogens is 493 g/mol. The van der Waals surface area contributed by atoms with E-state index in [1.165, 1.54) is 27.8 Å². The van der Waals surface area contributed by atoms with Crippen LogP contribution in [0.1, 0.15) is 12.8 Å². The molecule has 5 rings (SSSR count). The Balaban J connectivity index is 1.45. The lowest BCUT2D eigenvalue weighted by atomic mass is 9.99. The quantitative estimate of drug-likeness (QED) is 0.499. The van der Waals surface area contributed by atoms with Gasteiger partial charge in [-0.15, -0.1) is 6.42 Å². The van der Waals surface area contributed by atoms with E-state index >= 15 is 0 Å². The van der Waals surface area contributed by atoms with Crippen molar-refractivity contribution in [3.63, 3.8) is 0 Å². The molecule has 0 radical (unpaired) electrons. The van der Waals surface area contributed by atoms with Gasteiger partial charge in [0.15, 0.2) is 16.3 Å². The van der Waals surface area contributed by atoms with Crippen LogP contribution < -0.4 is 14.3 Å². The standard InChI is InChI=1S/C24H22FN3O5S2/c1-2-9-28-19-13-20-21(33-12-11-32-20)14-22(19)34-24(28)26-23(29)16-4-3-10-27(15-16)35(30,31)18-7-5-17(25)6-8-18/h1,5-8,13-14,16H,3-4,9-12,15H2. The summed E-state index contributed by atoms with van der Waals surface area (Å²) < 4.78 is 54.5. The van der Waals surface area contributed by atoms with E-state index in [1.54, 1.807) is 4.57 Å². The summed E-state index contributed by atoms with van der Waals surface area (Å²) in [6, 6.07) is 8.35. The van der Waals surface area contributed by atoms with Crippen molar-refractivity contribution in [3.05, 3.63) is 47.0 Å². The minimum Gasteiger partial charge on any atom is -0.486 e. The van der Waals surface area contributed by atoms with Crippen molar-refractivity contribution in [2.45, 2.75) is 24.3 Å². The van der Waals surface area contributed by atoms with Crippen LogP contribution in [-0.2, 0) is 21.4 Å². The number of benzene rings is 2. The van der Waals surface area contributed by atoms with E-state index in [9.17, 15) is 17.6 Å². The SMILES string of the molecule is C#CCn1c(=NC(=O)C2CCCN(S(=O)(=O)c3ccc(F)cc3)C2)sc2cc3c(cc21)OCCO3. The molecule has 1 unspecified atom stereocenters. The van der Waals surface area contributed by atoms with Gasteiger partial charge in [-0.1, -0.05) is 17.3 Å². The molecule has 2 aliphatic heterocycles. The van der Waals surface area contributed by atoms with Gasteiger partial charge in [0, 0.05) is 25.2 Å². The molecule has 2 aliphatic rings. The summed E-state index contributed by atoms with van der Waals surface area (Å²) in [5, 5.41) is 0. The van der Waals surface area contributed by atoms with Crippen molar-refractivity contribution in [1.29, 1.82) is 0 Å². The molecule has 1 atom stereocenters. The van der Waals surface area contributed by atoms with Gasteiger partial charge >= 0.3 is 0 Å². The van der Waals surface area contributed by atoms with Crippen molar-refractivity contribution in [3.8, 4) is 23.8 Å². The molecule has 0 aliphatic carbocycles. The number of terminal acetylenes is 1. The summed E-state index contributed by atoms with van der Waals surface area (Å²) in [7, 11) is -3.85. The summed E-state index contributed by atoms with van der Waals surface area (Å²) in [5.41, 5.74) is 0.785. The molecule has 3 heterocycles. The topological polar surface area (TPSA) is 90.2 Å². The monoisotopic (exact) mass is 515 g/mol. The fraction of sp³-hybridized carbons (Fsp3) is 0.333. The van der Waals surface area contributed by atoms with Gasteiger partial charge in [0.25, 0.3) is 5.91 Å². The van der Waals surface area contributed by atoms with Crippen molar-refractivity contribution < 1.29 is 27.1 Å². The molecule has 1 saturated heterocycles. The average molecular weight is 516 g/mol. The van der Waals surface area contributed by atoms with Gasteiger partial charge in [0.1, 0.15) is 19.0 Å². The van der Waals surface area contributed by atoms with Crippen molar-refractivity contribution >= 4 is 37.5 Å². The molecule has 1 fully saturated rings. The van der Waals surface area contributed by atoms with E-state index in [4.69, 9.17) is 15.9 Å². The van der Waals surface area contributed by atoms with Crippen LogP contribution in [-0.4, -0.2) is 49.5 Å². The number of rotatable bonds is 4. The molecule has 0 bridgehead atoms. The highest BCUT2D eigenvalue weighted by Gasteiger charge is 2.33. The molecule has 182 valence electrons. The number of piperidine rings is 1. The van der Waals surface area contributed by atoms with E-state index in [1.807, 2.05) is 12.1 Å². The zero-order valence-corrected chi connectivity index (χ0v) is 20.3. The second kappa shape index (κ2) is 9.45. The van der Waals surface area contributed by atoms with Crippen LogP contribution in [0.5, 0.6) is 11.5 Å². The van der Waals surface area contributed by atoms with Gasteiger partial charge in [-0.25, -0.2) is 12.8 Å². The summed E-state index contributed by atoms with van der Waals surface area (Å²) in [5.74, 6) is 2.32. The Morgan fingerprint density at radius 3 is 2.63 bits per heavy atom. The molecule has 11 heteroatoms. The first-order chi connectivity index (χ1) is 16.9. The molecular formula is C24H22FN3O5S2. The Labute approximate surface area is 205 Å². The molecule has 0 saturated carbocycles. The molecule has 0 spiro atoms. The van der Waals surface area contributed by atoms with Gasteiger partial charge < -0.3 is 14.0 Å². The Morgan fingerprint density at radius 1 is 1.20 bits per heavy atom. The zero-order valence-electron chi connectivity index (χ0n) is 18.6. The Bertz CT molecular complexity index is 1500. The third kappa shape index (κ3) is 4.57. The van der Waals surface area contributed by atoms with Gasteiger partial charge in [0.05, 0.1) is 27.6 Å². The number of carbonyl (C=O) groups is 1. The first kappa shape index (κ1) is 23.5. The average Bonchev–Trinajstić information content (AvgIpc) is 3.18. The van der Waals surface area contributed by atoms with Gasteiger partial charge in [-0.2, -0.15) is 9.30 Å². The number of aromatic nitrogens is 1. The summed E-state index contributed by atoms with van der Waals surface area (Å²) in [6.07, 6.45) is 6.62. The van der Waals surface area contributed by atoms with E-state index < -0.39 is 27.7 Å². The Kier molecular flexibility index (Phi) is 6.35. The summed E-state index contributed by atoms with van der Waals surface area (Å²) in [6.45, 7) is 1.42. The largest absolute Gasteiger partial charge is 0.486 e. The maximum Gasteiger partial charge on any atom is 0.252 e. The number of fused-ring (bicyclic) bond motifs is 2. The summed E-state index contributed by atoms with van der Waals surface area (Å²) in [4.78, 5) is 18.0. The lowest BCUT2D eigenvalue weighted by Gasteiger charge is -2.30. The van der Waals surface area contributed by atoms with Crippen LogP contribution in [0.25, 0.3) is 10.2 Å². The zero-order chi connectivity index (χ0) is 24.6. The number of amides is 1. The number of nitrogens with zero attached hydrogens (tertiary/aromatic N) is 3.